The van der Waals surface area contributed by atoms with Crippen LogP contribution in [-0.2, 0) is 17.6 Å². The van der Waals surface area contributed by atoms with Gasteiger partial charge in [-0.3, -0.25) is 4.79 Å². The molecule has 0 atom stereocenters. The molecule has 2 N–H and O–H groups in total. The van der Waals surface area contributed by atoms with Gasteiger partial charge < -0.3 is 10.6 Å². The maximum absolute atomic E-state index is 11.1. The van der Waals surface area contributed by atoms with Crippen molar-refractivity contribution < 1.29 is 4.79 Å². The average molecular weight is 204 g/mol. The van der Waals surface area contributed by atoms with Crippen molar-refractivity contribution in [3.63, 3.8) is 0 Å². The van der Waals surface area contributed by atoms with Gasteiger partial charge in [-0.25, -0.2) is 0 Å². The number of carbonyl (C=O) groups is 1. The summed E-state index contributed by atoms with van der Waals surface area (Å²) in [4.78, 5) is 11.1. The van der Waals surface area contributed by atoms with Crippen LogP contribution in [0.25, 0.3) is 0 Å². The Bertz CT molecular complexity index is 374. The predicted octanol–water partition coefficient (Wildman–Crippen LogP) is 1.33. The first-order valence-electron chi connectivity index (χ1n) is 5.36. The fourth-order valence-electron chi connectivity index (χ4n) is 1.88. The zero-order chi connectivity index (χ0) is 10.7. The van der Waals surface area contributed by atoms with E-state index in [1.165, 1.54) is 16.8 Å². The molecule has 0 spiro atoms. The lowest BCUT2D eigenvalue weighted by Gasteiger charge is -2.04. The summed E-state index contributed by atoms with van der Waals surface area (Å²) in [6.07, 6.45) is 2.50. The molecule has 0 bridgehead atoms. The number of benzene rings is 1. The minimum absolute atomic E-state index is 0.100. The molecule has 2 rings (SSSR count). The summed E-state index contributed by atoms with van der Waals surface area (Å²) in [7, 11) is 1.67. The summed E-state index contributed by atoms with van der Waals surface area (Å²) in [5.41, 5.74) is 3.86. The Morgan fingerprint density at radius 2 is 2.40 bits per heavy atom. The first kappa shape index (κ1) is 10.0. The molecule has 1 aromatic rings. The smallest absolute Gasteiger partial charge is 0.220 e. The topological polar surface area (TPSA) is 41.1 Å². The van der Waals surface area contributed by atoms with E-state index in [4.69, 9.17) is 0 Å². The Labute approximate surface area is 89.9 Å². The molecule has 3 nitrogen and oxygen atoms in total. The summed E-state index contributed by atoms with van der Waals surface area (Å²) < 4.78 is 0. The first-order chi connectivity index (χ1) is 7.29. The van der Waals surface area contributed by atoms with Gasteiger partial charge in [-0.1, -0.05) is 12.1 Å². The lowest BCUT2D eigenvalue weighted by atomic mass is 10.1. The fraction of sp³-hybridized carbons (Fsp3) is 0.417. The molecule has 15 heavy (non-hydrogen) atoms. The zero-order valence-electron chi connectivity index (χ0n) is 8.97. The van der Waals surface area contributed by atoms with E-state index < -0.39 is 0 Å². The molecule has 0 unspecified atom stereocenters. The Kier molecular flexibility index (Phi) is 2.90. The molecular weight excluding hydrogens is 188 g/mol. The van der Waals surface area contributed by atoms with Crippen LogP contribution in [0, 0.1) is 0 Å². The zero-order valence-corrected chi connectivity index (χ0v) is 8.97. The molecule has 0 aromatic heterocycles. The van der Waals surface area contributed by atoms with Crippen molar-refractivity contribution in [3.05, 3.63) is 29.3 Å². The monoisotopic (exact) mass is 204 g/mol. The number of rotatable bonds is 3. The van der Waals surface area contributed by atoms with Crippen molar-refractivity contribution in [2.75, 3.05) is 18.9 Å². The number of hydrogen-bond acceptors (Lipinski definition) is 2. The summed E-state index contributed by atoms with van der Waals surface area (Å²) in [5.74, 6) is 0.100. The van der Waals surface area contributed by atoms with Crippen LogP contribution in [0.2, 0.25) is 0 Å². The molecule has 1 aliphatic heterocycles. The van der Waals surface area contributed by atoms with Crippen molar-refractivity contribution in [1.29, 1.82) is 0 Å². The number of anilines is 1. The van der Waals surface area contributed by atoms with Gasteiger partial charge in [-0.15, -0.1) is 0 Å². The highest BCUT2D eigenvalue weighted by atomic mass is 16.1. The normalized spacial score (nSPS) is 13.1. The summed E-state index contributed by atoms with van der Waals surface area (Å²) in [6.45, 7) is 1.04. The van der Waals surface area contributed by atoms with Gasteiger partial charge in [0.15, 0.2) is 0 Å². The number of aryl methyl sites for hydroxylation is 1. The number of hydrogen-bond donors (Lipinski definition) is 2. The number of amides is 1. The molecule has 1 amide bonds. The largest absolute Gasteiger partial charge is 0.384 e. The van der Waals surface area contributed by atoms with Gasteiger partial charge >= 0.3 is 0 Å². The van der Waals surface area contributed by atoms with E-state index in [1.807, 2.05) is 0 Å². The molecule has 1 aliphatic rings. The summed E-state index contributed by atoms with van der Waals surface area (Å²) in [6, 6.07) is 6.44. The highest BCUT2D eigenvalue weighted by molar-refractivity contribution is 5.75. The lowest BCUT2D eigenvalue weighted by molar-refractivity contribution is -0.120. The van der Waals surface area contributed by atoms with Crippen LogP contribution < -0.4 is 10.6 Å². The van der Waals surface area contributed by atoms with E-state index >= 15 is 0 Å². The molecule has 0 aliphatic carbocycles. The van der Waals surface area contributed by atoms with Gasteiger partial charge in [0, 0.05) is 25.7 Å². The van der Waals surface area contributed by atoms with Crippen LogP contribution in [0.3, 0.4) is 0 Å². The second kappa shape index (κ2) is 4.34. The Morgan fingerprint density at radius 1 is 1.53 bits per heavy atom. The molecule has 0 saturated carbocycles. The van der Waals surface area contributed by atoms with E-state index in [9.17, 15) is 4.79 Å². The molecule has 1 heterocycles. The summed E-state index contributed by atoms with van der Waals surface area (Å²) in [5, 5.41) is 5.97. The van der Waals surface area contributed by atoms with Gasteiger partial charge in [0.25, 0.3) is 0 Å². The second-order valence-electron chi connectivity index (χ2n) is 3.84. The maximum Gasteiger partial charge on any atom is 0.220 e. The van der Waals surface area contributed by atoms with Crippen LogP contribution >= 0.6 is 0 Å². The standard InChI is InChI=1S/C12H16N2O/c1-13-12(15)5-3-9-2-4-10-6-7-14-11(10)8-9/h2,4,8,14H,3,5-7H2,1H3,(H,13,15). The Hall–Kier alpha value is -1.51. The molecule has 0 saturated heterocycles. The van der Waals surface area contributed by atoms with Crippen molar-refractivity contribution in [2.45, 2.75) is 19.3 Å². The molecular formula is C12H16N2O. The molecule has 80 valence electrons. The second-order valence-corrected chi connectivity index (χ2v) is 3.84. The van der Waals surface area contributed by atoms with Crippen LogP contribution in [0.15, 0.2) is 18.2 Å². The van der Waals surface area contributed by atoms with Gasteiger partial charge in [-0.05, 0) is 30.0 Å². The average Bonchev–Trinajstić information content (AvgIpc) is 2.72. The molecule has 0 fully saturated rings. The molecule has 0 radical (unpaired) electrons. The maximum atomic E-state index is 11.1. The van der Waals surface area contributed by atoms with Crippen LogP contribution in [0.4, 0.5) is 5.69 Å². The number of carbonyl (C=O) groups excluding carboxylic acids is 1. The minimum atomic E-state index is 0.100. The highest BCUT2D eigenvalue weighted by Gasteiger charge is 2.10. The van der Waals surface area contributed by atoms with E-state index in [1.54, 1.807) is 7.05 Å². The lowest BCUT2D eigenvalue weighted by Crippen LogP contribution is -2.17. The van der Waals surface area contributed by atoms with Crippen molar-refractivity contribution in [2.24, 2.45) is 0 Å². The van der Waals surface area contributed by atoms with Crippen LogP contribution in [0.1, 0.15) is 17.5 Å². The molecule has 1 aromatic carbocycles. The van der Waals surface area contributed by atoms with E-state index in [0.717, 1.165) is 19.4 Å². The van der Waals surface area contributed by atoms with Gasteiger partial charge in [0.05, 0.1) is 0 Å². The number of fused-ring (bicyclic) bond motifs is 1. The quantitative estimate of drug-likeness (QED) is 0.780. The van der Waals surface area contributed by atoms with E-state index in [2.05, 4.69) is 28.8 Å². The SMILES string of the molecule is CNC(=O)CCc1ccc2c(c1)NCC2. The summed E-state index contributed by atoms with van der Waals surface area (Å²) >= 11 is 0. The Morgan fingerprint density at radius 3 is 3.20 bits per heavy atom. The van der Waals surface area contributed by atoms with Crippen molar-refractivity contribution in [3.8, 4) is 0 Å². The third-order valence-corrected chi connectivity index (χ3v) is 2.80. The number of nitrogens with one attached hydrogen (secondary N) is 2. The third kappa shape index (κ3) is 2.29. The van der Waals surface area contributed by atoms with Crippen LogP contribution in [-0.4, -0.2) is 19.5 Å². The molecule has 3 heteroatoms. The van der Waals surface area contributed by atoms with Crippen molar-refractivity contribution >= 4 is 11.6 Å². The Balaban J connectivity index is 2.01. The van der Waals surface area contributed by atoms with Gasteiger partial charge in [0.2, 0.25) is 5.91 Å². The third-order valence-electron chi connectivity index (χ3n) is 2.80. The fourth-order valence-corrected chi connectivity index (χ4v) is 1.88. The predicted molar refractivity (Wildman–Crippen MR) is 61.0 cm³/mol. The van der Waals surface area contributed by atoms with E-state index in [-0.39, 0.29) is 5.91 Å². The van der Waals surface area contributed by atoms with E-state index in [0.29, 0.717) is 6.42 Å². The van der Waals surface area contributed by atoms with Crippen molar-refractivity contribution in [1.82, 2.24) is 5.32 Å². The van der Waals surface area contributed by atoms with Gasteiger partial charge in [0.1, 0.15) is 0 Å². The minimum Gasteiger partial charge on any atom is -0.384 e. The van der Waals surface area contributed by atoms with Gasteiger partial charge in [-0.2, -0.15) is 0 Å². The first-order valence-corrected chi connectivity index (χ1v) is 5.36. The highest BCUT2D eigenvalue weighted by Crippen LogP contribution is 2.23. The van der Waals surface area contributed by atoms with Crippen LogP contribution in [0.5, 0.6) is 0 Å².